The van der Waals surface area contributed by atoms with E-state index in [-0.39, 0.29) is 5.56 Å². The second-order valence-corrected chi connectivity index (χ2v) is 3.94. The summed E-state index contributed by atoms with van der Waals surface area (Å²) in [5, 5.41) is 10.2. The number of aromatic amines is 1. The van der Waals surface area contributed by atoms with Gasteiger partial charge in [0.2, 0.25) is 5.88 Å². The van der Waals surface area contributed by atoms with E-state index < -0.39 is 17.1 Å². The van der Waals surface area contributed by atoms with Gasteiger partial charge in [-0.15, -0.1) is 0 Å². The zero-order valence-electron chi connectivity index (χ0n) is 10.5. The second kappa shape index (κ2) is 4.93. The van der Waals surface area contributed by atoms with E-state index in [1.54, 1.807) is 37.3 Å². The molecule has 0 fully saturated rings. The first-order valence-corrected chi connectivity index (χ1v) is 5.63. The predicted octanol–water partition coefficient (Wildman–Crippen LogP) is 0.670. The van der Waals surface area contributed by atoms with Crippen LogP contribution in [0.1, 0.15) is 12.5 Å². The number of benzene rings is 1. The summed E-state index contributed by atoms with van der Waals surface area (Å²) in [4.78, 5) is 29.6. The number of hydrogen-bond donors (Lipinski definition) is 2. The molecule has 0 saturated carbocycles. The smallest absolute Gasteiger partial charge is 0.335 e. The highest BCUT2D eigenvalue weighted by Gasteiger charge is 2.17. The molecule has 0 aliphatic heterocycles. The number of rotatable bonds is 2. The van der Waals surface area contributed by atoms with E-state index in [0.29, 0.717) is 11.4 Å². The van der Waals surface area contributed by atoms with Crippen molar-refractivity contribution in [3.05, 3.63) is 56.7 Å². The summed E-state index contributed by atoms with van der Waals surface area (Å²) in [6, 6.07) is 8.56. The third-order valence-electron chi connectivity index (χ3n) is 2.80. The number of aromatic nitrogens is 2. The van der Waals surface area contributed by atoms with Crippen molar-refractivity contribution in [2.24, 2.45) is 4.99 Å². The van der Waals surface area contributed by atoms with Crippen molar-refractivity contribution >= 4 is 5.71 Å². The number of aromatic hydroxyl groups is 1. The molecule has 0 saturated heterocycles. The third-order valence-corrected chi connectivity index (χ3v) is 2.80. The van der Waals surface area contributed by atoms with Crippen LogP contribution < -0.4 is 11.2 Å². The van der Waals surface area contributed by atoms with Crippen LogP contribution in [0.2, 0.25) is 0 Å². The number of aliphatic imine (C=N–C) groups is 1. The van der Waals surface area contributed by atoms with Gasteiger partial charge in [0.05, 0.1) is 5.69 Å². The molecule has 6 heteroatoms. The van der Waals surface area contributed by atoms with Crippen LogP contribution in [0.15, 0.2) is 44.9 Å². The molecule has 1 aromatic heterocycles. The zero-order chi connectivity index (χ0) is 14.0. The van der Waals surface area contributed by atoms with Gasteiger partial charge in [0.15, 0.2) is 0 Å². The van der Waals surface area contributed by atoms with Gasteiger partial charge >= 0.3 is 5.69 Å². The molecular formula is C13H13N3O3. The Morgan fingerprint density at radius 2 is 1.89 bits per heavy atom. The molecule has 0 radical (unpaired) electrons. The first-order chi connectivity index (χ1) is 9.06. The lowest BCUT2D eigenvalue weighted by Gasteiger charge is -2.10. The van der Waals surface area contributed by atoms with Crippen LogP contribution in [0.5, 0.6) is 5.88 Å². The summed E-state index contributed by atoms with van der Waals surface area (Å²) in [6.07, 6.45) is 0. The highest BCUT2D eigenvalue weighted by molar-refractivity contribution is 6.00. The Morgan fingerprint density at radius 1 is 1.26 bits per heavy atom. The van der Waals surface area contributed by atoms with E-state index in [0.717, 1.165) is 4.57 Å². The molecule has 0 atom stereocenters. The van der Waals surface area contributed by atoms with Crippen molar-refractivity contribution in [1.82, 2.24) is 9.55 Å². The fourth-order valence-electron chi connectivity index (χ4n) is 1.78. The largest absolute Gasteiger partial charge is 0.493 e. The predicted molar refractivity (Wildman–Crippen MR) is 72.5 cm³/mol. The summed E-state index contributed by atoms with van der Waals surface area (Å²) >= 11 is 0. The van der Waals surface area contributed by atoms with Crippen molar-refractivity contribution in [2.45, 2.75) is 6.92 Å². The SMILES string of the molecule is CN=C(C)c1c(O)n(-c2ccccc2)c(=O)[nH]c1=O. The van der Waals surface area contributed by atoms with Crippen LogP contribution in [0.3, 0.4) is 0 Å². The second-order valence-electron chi connectivity index (χ2n) is 3.94. The van der Waals surface area contributed by atoms with Crippen molar-refractivity contribution in [1.29, 1.82) is 0 Å². The summed E-state index contributed by atoms with van der Waals surface area (Å²) in [7, 11) is 1.51. The van der Waals surface area contributed by atoms with Crippen LogP contribution in [0.25, 0.3) is 5.69 Å². The first-order valence-electron chi connectivity index (χ1n) is 5.63. The number of para-hydroxylation sites is 1. The molecule has 0 amide bonds. The van der Waals surface area contributed by atoms with E-state index in [2.05, 4.69) is 9.98 Å². The Labute approximate surface area is 108 Å². The Kier molecular flexibility index (Phi) is 3.33. The number of H-pyrrole nitrogens is 1. The van der Waals surface area contributed by atoms with Crippen LogP contribution in [-0.4, -0.2) is 27.4 Å². The van der Waals surface area contributed by atoms with Crippen molar-refractivity contribution in [3.8, 4) is 11.6 Å². The Bertz CT molecular complexity index is 742. The average molecular weight is 259 g/mol. The molecule has 0 bridgehead atoms. The van der Waals surface area contributed by atoms with E-state index in [9.17, 15) is 14.7 Å². The lowest BCUT2D eigenvalue weighted by Crippen LogP contribution is -2.32. The molecule has 6 nitrogen and oxygen atoms in total. The summed E-state index contributed by atoms with van der Waals surface area (Å²) in [5.41, 5.74) is -0.542. The molecule has 19 heavy (non-hydrogen) atoms. The molecule has 0 unspecified atom stereocenters. The van der Waals surface area contributed by atoms with Gasteiger partial charge in [-0.3, -0.25) is 14.8 Å². The fourth-order valence-corrected chi connectivity index (χ4v) is 1.78. The highest BCUT2D eigenvalue weighted by atomic mass is 16.3. The summed E-state index contributed by atoms with van der Waals surface area (Å²) < 4.78 is 1.03. The minimum Gasteiger partial charge on any atom is -0.493 e. The van der Waals surface area contributed by atoms with Crippen LogP contribution in [0.4, 0.5) is 0 Å². The van der Waals surface area contributed by atoms with Gasteiger partial charge in [0, 0.05) is 12.8 Å². The Morgan fingerprint density at radius 3 is 2.47 bits per heavy atom. The quantitative estimate of drug-likeness (QED) is 0.777. The summed E-state index contributed by atoms with van der Waals surface area (Å²) in [6.45, 7) is 1.59. The molecule has 0 aliphatic rings. The maximum Gasteiger partial charge on any atom is 0.335 e. The normalized spacial score (nSPS) is 11.6. The van der Waals surface area contributed by atoms with E-state index >= 15 is 0 Å². The molecule has 2 aromatic rings. The molecule has 98 valence electrons. The van der Waals surface area contributed by atoms with Gasteiger partial charge in [0.25, 0.3) is 5.56 Å². The van der Waals surface area contributed by atoms with Gasteiger partial charge in [-0.05, 0) is 19.1 Å². The molecule has 0 aliphatic carbocycles. The van der Waals surface area contributed by atoms with Gasteiger partial charge in [-0.25, -0.2) is 9.36 Å². The minimum atomic E-state index is -0.693. The van der Waals surface area contributed by atoms with Gasteiger partial charge in [-0.2, -0.15) is 0 Å². The maximum atomic E-state index is 11.8. The Hall–Kier alpha value is -2.63. The molecule has 2 N–H and O–H groups in total. The summed E-state index contributed by atoms with van der Waals surface area (Å²) in [5.74, 6) is -0.414. The van der Waals surface area contributed by atoms with Crippen molar-refractivity contribution in [2.75, 3.05) is 7.05 Å². The lowest BCUT2D eigenvalue weighted by atomic mass is 10.2. The molecule has 1 heterocycles. The Balaban J connectivity index is 2.84. The van der Waals surface area contributed by atoms with E-state index in [1.165, 1.54) is 7.05 Å². The monoisotopic (exact) mass is 259 g/mol. The van der Waals surface area contributed by atoms with E-state index in [4.69, 9.17) is 0 Å². The minimum absolute atomic E-state index is 0.00838. The maximum absolute atomic E-state index is 11.8. The number of nitrogens with one attached hydrogen (secondary N) is 1. The molecule has 0 spiro atoms. The lowest BCUT2D eigenvalue weighted by molar-refractivity contribution is 0.429. The topological polar surface area (TPSA) is 87.4 Å². The molecular weight excluding hydrogens is 246 g/mol. The third kappa shape index (κ3) is 2.20. The first kappa shape index (κ1) is 12.8. The van der Waals surface area contributed by atoms with Crippen molar-refractivity contribution in [3.63, 3.8) is 0 Å². The number of hydrogen-bond acceptors (Lipinski definition) is 4. The van der Waals surface area contributed by atoms with E-state index in [1.807, 2.05) is 0 Å². The average Bonchev–Trinajstić information content (AvgIpc) is 2.39. The number of nitrogens with zero attached hydrogens (tertiary/aromatic N) is 2. The zero-order valence-corrected chi connectivity index (χ0v) is 10.5. The van der Waals surface area contributed by atoms with Crippen LogP contribution >= 0.6 is 0 Å². The molecule has 2 rings (SSSR count). The van der Waals surface area contributed by atoms with Crippen LogP contribution in [-0.2, 0) is 0 Å². The van der Waals surface area contributed by atoms with Gasteiger partial charge < -0.3 is 5.11 Å². The van der Waals surface area contributed by atoms with Gasteiger partial charge in [-0.1, -0.05) is 18.2 Å². The highest BCUT2D eigenvalue weighted by Crippen LogP contribution is 2.16. The van der Waals surface area contributed by atoms with Crippen LogP contribution in [0, 0.1) is 0 Å². The standard InChI is InChI=1S/C13H13N3O3/c1-8(14-2)10-11(17)15-13(19)16(12(10)18)9-6-4-3-5-7-9/h3-7,18H,1-2H3,(H,15,17,19). The molecule has 1 aromatic carbocycles. The fraction of sp³-hybridized carbons (Fsp3) is 0.154. The van der Waals surface area contributed by atoms with Gasteiger partial charge in [0.1, 0.15) is 5.56 Å². The van der Waals surface area contributed by atoms with Crippen molar-refractivity contribution < 1.29 is 5.11 Å².